The number of rotatable bonds is 3. The van der Waals surface area contributed by atoms with Crippen molar-refractivity contribution in [1.29, 1.82) is 0 Å². The average molecular weight is 294 g/mol. The second-order valence-corrected chi connectivity index (χ2v) is 4.34. The van der Waals surface area contributed by atoms with Gasteiger partial charge in [-0.25, -0.2) is 0 Å². The fourth-order valence-corrected chi connectivity index (χ4v) is 1.87. The number of ether oxygens (including phenoxy) is 1. The Balaban J connectivity index is 2.44. The molecule has 0 radical (unpaired) electrons. The molecule has 2 nitrogen and oxygen atoms in total. The van der Waals surface area contributed by atoms with Gasteiger partial charge in [-0.3, -0.25) is 0 Å². The fraction of sp³-hybridized carbons (Fsp3) is 0.250. The average Bonchev–Trinajstić information content (AvgIpc) is 2.45. The van der Waals surface area contributed by atoms with E-state index < -0.39 is 12.8 Å². The summed E-state index contributed by atoms with van der Waals surface area (Å²) in [5.41, 5.74) is 0.408. The number of aliphatic hydroxyl groups is 1. The van der Waals surface area contributed by atoms with Gasteiger partial charge in [-0.2, -0.15) is 13.2 Å². The van der Waals surface area contributed by atoms with Crippen LogP contribution in [0.3, 0.4) is 0 Å². The van der Waals surface area contributed by atoms with Crippen LogP contribution in [0, 0.1) is 11.8 Å². The van der Waals surface area contributed by atoms with E-state index in [1.807, 2.05) is 12.1 Å². The summed E-state index contributed by atoms with van der Waals surface area (Å²) < 4.78 is 41.7. The molecule has 0 saturated heterocycles. The minimum Gasteiger partial charge on any atom is -0.483 e. The molecule has 110 valence electrons. The van der Waals surface area contributed by atoms with Crippen LogP contribution in [-0.2, 0) is 0 Å². The van der Waals surface area contributed by atoms with Crippen LogP contribution in [0.15, 0.2) is 36.4 Å². The first-order valence-corrected chi connectivity index (χ1v) is 6.32. The van der Waals surface area contributed by atoms with E-state index >= 15 is 0 Å². The number of hydrogen-bond acceptors (Lipinski definition) is 2. The molecular weight excluding hydrogens is 281 g/mol. The van der Waals surface area contributed by atoms with Crippen LogP contribution < -0.4 is 4.74 Å². The third-order valence-corrected chi connectivity index (χ3v) is 2.73. The molecule has 2 rings (SSSR count). The molecule has 2 aromatic rings. The van der Waals surface area contributed by atoms with Gasteiger partial charge >= 0.3 is 6.18 Å². The number of alkyl halides is 3. The van der Waals surface area contributed by atoms with Crippen molar-refractivity contribution in [1.82, 2.24) is 0 Å². The molecular formula is C16H13F3O2. The van der Waals surface area contributed by atoms with Gasteiger partial charge in [0.2, 0.25) is 0 Å². The van der Waals surface area contributed by atoms with Gasteiger partial charge in [-0.15, -0.1) is 0 Å². The monoisotopic (exact) mass is 294 g/mol. The van der Waals surface area contributed by atoms with Crippen molar-refractivity contribution in [3.63, 3.8) is 0 Å². The van der Waals surface area contributed by atoms with Gasteiger partial charge in [0.15, 0.2) is 6.61 Å². The SMILES string of the molecule is OCCC#Cc1c(OCC(F)(F)F)ccc2ccccc12. The molecule has 0 aliphatic rings. The third kappa shape index (κ3) is 4.14. The summed E-state index contributed by atoms with van der Waals surface area (Å²) >= 11 is 0. The van der Waals surface area contributed by atoms with Crippen molar-refractivity contribution in [3.8, 4) is 17.6 Å². The molecule has 0 aliphatic carbocycles. The maximum absolute atomic E-state index is 12.3. The van der Waals surface area contributed by atoms with Crippen molar-refractivity contribution in [3.05, 3.63) is 42.0 Å². The first-order valence-electron chi connectivity index (χ1n) is 6.32. The lowest BCUT2D eigenvalue weighted by Gasteiger charge is -2.12. The molecule has 0 aromatic heterocycles. The normalized spacial score (nSPS) is 11.0. The summed E-state index contributed by atoms with van der Waals surface area (Å²) in [6.45, 7) is -1.46. The molecule has 1 N–H and O–H groups in total. The largest absolute Gasteiger partial charge is 0.483 e. The zero-order valence-corrected chi connectivity index (χ0v) is 11.1. The molecule has 0 amide bonds. The summed E-state index contributed by atoms with van der Waals surface area (Å²) in [6, 6.07) is 10.4. The van der Waals surface area contributed by atoms with E-state index in [9.17, 15) is 13.2 Å². The Bertz CT molecular complexity index is 681. The lowest BCUT2D eigenvalue weighted by molar-refractivity contribution is -0.153. The van der Waals surface area contributed by atoms with Crippen LogP contribution >= 0.6 is 0 Å². The smallest absolute Gasteiger partial charge is 0.422 e. The van der Waals surface area contributed by atoms with E-state index in [0.717, 1.165) is 10.8 Å². The second-order valence-electron chi connectivity index (χ2n) is 4.34. The van der Waals surface area contributed by atoms with E-state index in [2.05, 4.69) is 11.8 Å². The van der Waals surface area contributed by atoms with E-state index in [1.165, 1.54) is 6.07 Å². The fourth-order valence-electron chi connectivity index (χ4n) is 1.87. The zero-order chi connectivity index (χ0) is 15.3. The predicted octanol–water partition coefficient (Wildman–Crippen LogP) is 3.51. The van der Waals surface area contributed by atoms with Crippen LogP contribution in [0.4, 0.5) is 13.2 Å². The maximum Gasteiger partial charge on any atom is 0.422 e. The molecule has 0 heterocycles. The second kappa shape index (κ2) is 6.51. The van der Waals surface area contributed by atoms with Crippen LogP contribution in [0.1, 0.15) is 12.0 Å². The molecule has 0 saturated carbocycles. The maximum atomic E-state index is 12.3. The lowest BCUT2D eigenvalue weighted by atomic mass is 10.0. The van der Waals surface area contributed by atoms with Gasteiger partial charge in [0, 0.05) is 11.8 Å². The van der Waals surface area contributed by atoms with Gasteiger partial charge in [-0.05, 0) is 11.5 Å². The van der Waals surface area contributed by atoms with Gasteiger partial charge in [0.25, 0.3) is 0 Å². The minimum absolute atomic E-state index is 0.0939. The number of aliphatic hydroxyl groups excluding tert-OH is 1. The third-order valence-electron chi connectivity index (χ3n) is 2.73. The number of fused-ring (bicyclic) bond motifs is 1. The van der Waals surface area contributed by atoms with E-state index in [1.54, 1.807) is 18.2 Å². The van der Waals surface area contributed by atoms with Crippen molar-refractivity contribution in [2.45, 2.75) is 12.6 Å². The van der Waals surface area contributed by atoms with E-state index in [0.29, 0.717) is 5.56 Å². The molecule has 0 spiro atoms. The number of halogens is 3. The Labute approximate surface area is 120 Å². The Morgan fingerprint density at radius 3 is 2.57 bits per heavy atom. The molecule has 0 bridgehead atoms. The quantitative estimate of drug-likeness (QED) is 0.878. The molecule has 0 aliphatic heterocycles. The molecule has 21 heavy (non-hydrogen) atoms. The number of hydrogen-bond donors (Lipinski definition) is 1. The van der Waals surface area contributed by atoms with E-state index in [4.69, 9.17) is 9.84 Å². The van der Waals surface area contributed by atoms with Gasteiger partial charge in [-0.1, -0.05) is 42.2 Å². The highest BCUT2D eigenvalue weighted by Crippen LogP contribution is 2.28. The Morgan fingerprint density at radius 1 is 1.10 bits per heavy atom. The van der Waals surface area contributed by atoms with Crippen LogP contribution in [0.25, 0.3) is 10.8 Å². The summed E-state index contributed by atoms with van der Waals surface area (Å²) in [6.07, 6.45) is -4.15. The minimum atomic E-state index is -4.40. The molecule has 0 unspecified atom stereocenters. The zero-order valence-electron chi connectivity index (χ0n) is 11.1. The molecule has 0 fully saturated rings. The van der Waals surface area contributed by atoms with Gasteiger partial charge in [0.05, 0.1) is 12.2 Å². The molecule has 5 heteroatoms. The Kier molecular flexibility index (Phi) is 4.71. The first-order chi connectivity index (χ1) is 10.0. The summed E-state index contributed by atoms with van der Waals surface area (Å²) in [5.74, 6) is 5.60. The molecule has 0 atom stereocenters. The van der Waals surface area contributed by atoms with Crippen molar-refractivity contribution in [2.75, 3.05) is 13.2 Å². The van der Waals surface area contributed by atoms with Crippen molar-refractivity contribution in [2.24, 2.45) is 0 Å². The summed E-state index contributed by atoms with van der Waals surface area (Å²) in [4.78, 5) is 0. The van der Waals surface area contributed by atoms with Gasteiger partial charge in [0.1, 0.15) is 5.75 Å². The summed E-state index contributed by atoms with van der Waals surface area (Å²) in [5, 5.41) is 10.3. The number of benzene rings is 2. The molecule has 2 aromatic carbocycles. The Hall–Kier alpha value is -2.19. The lowest BCUT2D eigenvalue weighted by Crippen LogP contribution is -2.19. The van der Waals surface area contributed by atoms with Crippen LogP contribution in [0.2, 0.25) is 0 Å². The Morgan fingerprint density at radius 2 is 1.86 bits per heavy atom. The topological polar surface area (TPSA) is 29.5 Å². The predicted molar refractivity (Wildman–Crippen MR) is 74.1 cm³/mol. The van der Waals surface area contributed by atoms with Crippen LogP contribution in [0.5, 0.6) is 5.75 Å². The highest BCUT2D eigenvalue weighted by molar-refractivity contribution is 5.90. The highest BCUT2D eigenvalue weighted by atomic mass is 19.4. The van der Waals surface area contributed by atoms with Crippen molar-refractivity contribution >= 4 is 10.8 Å². The van der Waals surface area contributed by atoms with E-state index in [-0.39, 0.29) is 18.8 Å². The van der Waals surface area contributed by atoms with Crippen LogP contribution in [-0.4, -0.2) is 24.5 Å². The van der Waals surface area contributed by atoms with Gasteiger partial charge < -0.3 is 9.84 Å². The summed E-state index contributed by atoms with van der Waals surface area (Å²) in [7, 11) is 0. The van der Waals surface area contributed by atoms with Crippen molar-refractivity contribution < 1.29 is 23.0 Å². The first kappa shape index (κ1) is 15.2. The highest BCUT2D eigenvalue weighted by Gasteiger charge is 2.28. The standard InChI is InChI=1S/C16H13F3O2/c17-16(18,19)11-21-15-9-8-12-5-1-2-6-13(12)14(15)7-3-4-10-20/h1-2,5-6,8-9,20H,4,10-11H2.